The molecule has 1 fully saturated rings. The minimum Gasteiger partial charge on any atom is -0.373 e. The fourth-order valence-corrected chi connectivity index (χ4v) is 2.59. The van der Waals surface area contributed by atoms with Gasteiger partial charge in [-0.25, -0.2) is 4.98 Å². The molecule has 2 rings (SSSR count). The number of aromatic nitrogens is 1. The number of nitrogens with one attached hydrogen (secondary N) is 2. The molecule has 2 N–H and O–H groups in total. The van der Waals surface area contributed by atoms with Crippen molar-refractivity contribution in [2.24, 2.45) is 11.8 Å². The van der Waals surface area contributed by atoms with E-state index < -0.39 is 18.0 Å². The van der Waals surface area contributed by atoms with Gasteiger partial charge in [0.2, 0.25) is 5.91 Å². The summed E-state index contributed by atoms with van der Waals surface area (Å²) in [6, 6.07) is 3.36. The van der Waals surface area contributed by atoms with E-state index in [1.54, 1.807) is 19.2 Å². The zero-order valence-electron chi connectivity index (χ0n) is 12.1. The predicted octanol–water partition coefficient (Wildman–Crippen LogP) is 3.85. The van der Waals surface area contributed by atoms with E-state index in [0.29, 0.717) is 24.3 Å². The minimum absolute atomic E-state index is 0. The molecular formula is C14H19ClF3N3O. The van der Waals surface area contributed by atoms with Crippen LogP contribution in [0.2, 0.25) is 0 Å². The molecule has 1 amide bonds. The Labute approximate surface area is 133 Å². The van der Waals surface area contributed by atoms with E-state index in [4.69, 9.17) is 0 Å². The van der Waals surface area contributed by atoms with Gasteiger partial charge in [0.25, 0.3) is 0 Å². The fraction of sp³-hybridized carbons (Fsp3) is 0.571. The first-order chi connectivity index (χ1) is 9.90. The molecule has 0 aromatic carbocycles. The second kappa shape index (κ2) is 7.67. The lowest BCUT2D eigenvalue weighted by molar-refractivity contribution is -0.185. The monoisotopic (exact) mass is 337 g/mol. The van der Waals surface area contributed by atoms with Crippen LogP contribution < -0.4 is 10.6 Å². The highest BCUT2D eigenvalue weighted by atomic mass is 35.5. The van der Waals surface area contributed by atoms with E-state index in [2.05, 4.69) is 15.6 Å². The molecule has 2 atom stereocenters. The molecular weight excluding hydrogens is 319 g/mol. The molecule has 1 aromatic rings. The second-order valence-corrected chi connectivity index (χ2v) is 5.27. The van der Waals surface area contributed by atoms with Crippen LogP contribution in [0.25, 0.3) is 0 Å². The number of carbonyl (C=O) groups is 1. The number of hydrogen-bond donors (Lipinski definition) is 2. The number of anilines is 2. The van der Waals surface area contributed by atoms with Crippen LogP contribution in [0.5, 0.6) is 0 Å². The maximum atomic E-state index is 12.7. The second-order valence-electron chi connectivity index (χ2n) is 5.27. The first-order valence-corrected chi connectivity index (χ1v) is 6.91. The van der Waals surface area contributed by atoms with Gasteiger partial charge in [0.15, 0.2) is 0 Å². The highest BCUT2D eigenvalue weighted by molar-refractivity contribution is 5.92. The van der Waals surface area contributed by atoms with Crippen molar-refractivity contribution in [2.75, 3.05) is 17.7 Å². The molecule has 0 radical (unpaired) electrons. The summed E-state index contributed by atoms with van der Waals surface area (Å²) >= 11 is 0. The molecule has 4 nitrogen and oxygen atoms in total. The quantitative estimate of drug-likeness (QED) is 0.880. The van der Waals surface area contributed by atoms with Gasteiger partial charge in [-0.1, -0.05) is 6.42 Å². The van der Waals surface area contributed by atoms with E-state index in [0.717, 1.165) is 0 Å². The normalized spacial score (nSPS) is 21.6. The van der Waals surface area contributed by atoms with Gasteiger partial charge in [-0.05, 0) is 31.4 Å². The first-order valence-electron chi connectivity index (χ1n) is 6.91. The lowest BCUT2D eigenvalue weighted by Gasteiger charge is -2.29. The summed E-state index contributed by atoms with van der Waals surface area (Å²) in [6.45, 7) is 0. The summed E-state index contributed by atoms with van der Waals surface area (Å²) in [5, 5.41) is 5.48. The Bertz CT molecular complexity index is 493. The highest BCUT2D eigenvalue weighted by Gasteiger charge is 2.43. The maximum Gasteiger partial charge on any atom is 0.391 e. The highest BCUT2D eigenvalue weighted by Crippen LogP contribution is 2.40. The maximum absolute atomic E-state index is 12.7. The topological polar surface area (TPSA) is 54.0 Å². The molecule has 1 aromatic heterocycles. The van der Waals surface area contributed by atoms with Gasteiger partial charge in [0, 0.05) is 13.0 Å². The van der Waals surface area contributed by atoms with Crippen LogP contribution in [-0.2, 0) is 4.79 Å². The van der Waals surface area contributed by atoms with Crippen LogP contribution in [-0.4, -0.2) is 24.1 Å². The molecule has 1 aliphatic rings. The average Bonchev–Trinajstić information content (AvgIpc) is 2.47. The van der Waals surface area contributed by atoms with Crippen molar-refractivity contribution in [3.63, 3.8) is 0 Å². The first kappa shape index (κ1) is 18.5. The molecule has 1 aliphatic carbocycles. The number of pyridine rings is 1. The summed E-state index contributed by atoms with van der Waals surface area (Å²) in [5.74, 6) is -1.66. The average molecular weight is 338 g/mol. The van der Waals surface area contributed by atoms with E-state index >= 15 is 0 Å². The molecule has 124 valence electrons. The van der Waals surface area contributed by atoms with Crippen molar-refractivity contribution < 1.29 is 18.0 Å². The zero-order valence-corrected chi connectivity index (χ0v) is 12.9. The smallest absolute Gasteiger partial charge is 0.373 e. The zero-order chi connectivity index (χ0) is 15.5. The number of rotatable bonds is 3. The van der Waals surface area contributed by atoms with Gasteiger partial charge < -0.3 is 10.6 Å². The summed E-state index contributed by atoms with van der Waals surface area (Å²) in [4.78, 5) is 16.1. The molecule has 0 saturated heterocycles. The number of nitrogens with zero attached hydrogens (tertiary/aromatic N) is 1. The Kier molecular flexibility index (Phi) is 6.47. The van der Waals surface area contributed by atoms with Crippen molar-refractivity contribution in [2.45, 2.75) is 31.9 Å². The predicted molar refractivity (Wildman–Crippen MR) is 81.2 cm³/mol. The van der Waals surface area contributed by atoms with Crippen molar-refractivity contribution >= 4 is 29.8 Å². The summed E-state index contributed by atoms with van der Waals surface area (Å²) < 4.78 is 38.2. The molecule has 0 aliphatic heterocycles. The minimum atomic E-state index is -4.21. The van der Waals surface area contributed by atoms with E-state index in [-0.39, 0.29) is 31.2 Å². The van der Waals surface area contributed by atoms with Crippen molar-refractivity contribution in [3.8, 4) is 0 Å². The summed E-state index contributed by atoms with van der Waals surface area (Å²) in [6.07, 6.45) is -1.81. The van der Waals surface area contributed by atoms with E-state index in [1.807, 2.05) is 0 Å². The van der Waals surface area contributed by atoms with Gasteiger partial charge in [0.05, 0.1) is 17.8 Å². The molecule has 8 heteroatoms. The largest absolute Gasteiger partial charge is 0.391 e. The van der Waals surface area contributed by atoms with Crippen molar-refractivity contribution in [1.82, 2.24) is 4.98 Å². The molecule has 0 bridgehead atoms. The Morgan fingerprint density at radius 1 is 1.32 bits per heavy atom. The number of halogens is 4. The summed E-state index contributed by atoms with van der Waals surface area (Å²) in [5.41, 5.74) is 0.494. The molecule has 22 heavy (non-hydrogen) atoms. The van der Waals surface area contributed by atoms with Crippen LogP contribution in [0.1, 0.15) is 25.7 Å². The standard InChI is InChI=1S/C14H18F3N3O.ClH/c1-18-12-6-5-11(8-19-12)20-13(21)9-3-2-4-10(7-9)14(15,16)17;/h5-6,8-10H,2-4,7H2,1H3,(H,18,19)(H,20,21);1H. The Hall–Kier alpha value is -1.50. The van der Waals surface area contributed by atoms with Crippen LogP contribution in [0, 0.1) is 11.8 Å². The van der Waals surface area contributed by atoms with Crippen LogP contribution in [0.4, 0.5) is 24.7 Å². The Balaban J connectivity index is 0.00000242. The number of amides is 1. The van der Waals surface area contributed by atoms with Gasteiger partial charge in [-0.2, -0.15) is 13.2 Å². The van der Waals surface area contributed by atoms with E-state index in [9.17, 15) is 18.0 Å². The Morgan fingerprint density at radius 2 is 2.05 bits per heavy atom. The van der Waals surface area contributed by atoms with Crippen LogP contribution >= 0.6 is 12.4 Å². The molecule has 2 unspecified atom stereocenters. The van der Waals surface area contributed by atoms with Crippen LogP contribution in [0.15, 0.2) is 18.3 Å². The van der Waals surface area contributed by atoms with Gasteiger partial charge in [-0.15, -0.1) is 12.4 Å². The van der Waals surface area contributed by atoms with Gasteiger partial charge >= 0.3 is 6.18 Å². The summed E-state index contributed by atoms with van der Waals surface area (Å²) in [7, 11) is 1.72. The third-order valence-corrected chi connectivity index (χ3v) is 3.80. The fourth-order valence-electron chi connectivity index (χ4n) is 2.59. The van der Waals surface area contributed by atoms with E-state index in [1.165, 1.54) is 6.20 Å². The van der Waals surface area contributed by atoms with Gasteiger partial charge in [0.1, 0.15) is 5.82 Å². The SMILES string of the molecule is CNc1ccc(NC(=O)C2CCCC(C(F)(F)F)C2)cn1.Cl. The number of hydrogen-bond acceptors (Lipinski definition) is 3. The lowest BCUT2D eigenvalue weighted by Crippen LogP contribution is -2.34. The van der Waals surface area contributed by atoms with Crippen molar-refractivity contribution in [3.05, 3.63) is 18.3 Å². The van der Waals surface area contributed by atoms with Gasteiger partial charge in [-0.3, -0.25) is 4.79 Å². The third kappa shape index (κ3) is 4.76. The van der Waals surface area contributed by atoms with Crippen molar-refractivity contribution in [1.29, 1.82) is 0 Å². The molecule has 1 heterocycles. The number of alkyl halides is 3. The Morgan fingerprint density at radius 3 is 2.59 bits per heavy atom. The number of carbonyl (C=O) groups excluding carboxylic acids is 1. The molecule has 0 spiro atoms. The molecule has 1 saturated carbocycles. The lowest BCUT2D eigenvalue weighted by atomic mass is 9.80. The third-order valence-electron chi connectivity index (χ3n) is 3.80. The van der Waals surface area contributed by atoms with Crippen LogP contribution in [0.3, 0.4) is 0 Å².